The average Bonchev–Trinajstić information content (AvgIpc) is 2.57. The van der Waals surface area contributed by atoms with Crippen LogP contribution in [-0.4, -0.2) is 28.4 Å². The van der Waals surface area contributed by atoms with E-state index in [-0.39, 0.29) is 12.5 Å². The largest absolute Gasteiger partial charge is 0.396 e. The Morgan fingerprint density at radius 3 is 3.17 bits per heavy atom. The Labute approximate surface area is 70.8 Å². The lowest BCUT2D eigenvalue weighted by atomic mass is 10.2. The Hall–Kier alpha value is -0.940. The lowest BCUT2D eigenvalue weighted by Gasteiger charge is -2.06. The van der Waals surface area contributed by atoms with Crippen molar-refractivity contribution >= 4 is 0 Å². The minimum absolute atomic E-state index is 0.194. The fraction of sp³-hybridized carbons (Fsp3) is 0.714. The summed E-state index contributed by atoms with van der Waals surface area (Å²) in [6, 6.07) is 0. The van der Waals surface area contributed by atoms with E-state index in [9.17, 15) is 0 Å². The van der Waals surface area contributed by atoms with Crippen molar-refractivity contribution in [3.05, 3.63) is 12.2 Å². The van der Waals surface area contributed by atoms with Gasteiger partial charge in [0.25, 0.3) is 0 Å². The zero-order chi connectivity index (χ0) is 8.81. The molecule has 1 aromatic rings. The standard InChI is InChI=1S/C7H13N3O2/c1-6(4-11)2-8-3-7-9-5-12-10-7/h5-6,8,11H,2-4H2,1H3. The maximum Gasteiger partial charge on any atom is 0.213 e. The Bertz CT molecular complexity index is 200. The van der Waals surface area contributed by atoms with Crippen molar-refractivity contribution in [1.82, 2.24) is 15.5 Å². The number of hydrogen-bond donors (Lipinski definition) is 2. The van der Waals surface area contributed by atoms with Crippen LogP contribution in [0.25, 0.3) is 0 Å². The van der Waals surface area contributed by atoms with Gasteiger partial charge in [-0.3, -0.25) is 0 Å². The molecule has 0 bridgehead atoms. The third-order valence-corrected chi connectivity index (χ3v) is 1.49. The lowest BCUT2D eigenvalue weighted by molar-refractivity contribution is 0.233. The summed E-state index contributed by atoms with van der Waals surface area (Å²) in [6.45, 7) is 3.49. The number of aliphatic hydroxyl groups is 1. The van der Waals surface area contributed by atoms with Gasteiger partial charge in [-0.15, -0.1) is 0 Å². The van der Waals surface area contributed by atoms with Crippen LogP contribution < -0.4 is 5.32 Å². The average molecular weight is 171 g/mol. The van der Waals surface area contributed by atoms with Crippen LogP contribution in [0.15, 0.2) is 10.9 Å². The van der Waals surface area contributed by atoms with Crippen LogP contribution in [0.2, 0.25) is 0 Å². The fourth-order valence-corrected chi connectivity index (χ4v) is 0.765. The summed E-state index contributed by atoms with van der Waals surface area (Å²) in [5, 5.41) is 15.4. The van der Waals surface area contributed by atoms with Crippen molar-refractivity contribution in [1.29, 1.82) is 0 Å². The van der Waals surface area contributed by atoms with Crippen molar-refractivity contribution in [3.8, 4) is 0 Å². The molecule has 0 aliphatic carbocycles. The number of aliphatic hydroxyl groups excluding tert-OH is 1. The maximum absolute atomic E-state index is 8.70. The second-order valence-electron chi connectivity index (χ2n) is 2.77. The van der Waals surface area contributed by atoms with E-state index in [2.05, 4.69) is 20.0 Å². The van der Waals surface area contributed by atoms with Gasteiger partial charge in [-0.25, -0.2) is 0 Å². The van der Waals surface area contributed by atoms with Crippen molar-refractivity contribution in [3.63, 3.8) is 0 Å². The highest BCUT2D eigenvalue weighted by Gasteiger charge is 2.00. The van der Waals surface area contributed by atoms with E-state index in [1.807, 2.05) is 6.92 Å². The monoisotopic (exact) mass is 171 g/mol. The summed E-state index contributed by atoms with van der Waals surface area (Å²) in [5.41, 5.74) is 0. The number of hydrogen-bond acceptors (Lipinski definition) is 5. The summed E-state index contributed by atoms with van der Waals surface area (Å²) in [4.78, 5) is 3.84. The highest BCUT2D eigenvalue weighted by molar-refractivity contribution is 4.76. The molecule has 1 unspecified atom stereocenters. The summed E-state index contributed by atoms with van der Waals surface area (Å²) in [7, 11) is 0. The second kappa shape index (κ2) is 4.84. The molecule has 1 heterocycles. The SMILES string of the molecule is CC(CO)CNCc1ncon1. The molecule has 1 atom stereocenters. The second-order valence-corrected chi connectivity index (χ2v) is 2.77. The van der Waals surface area contributed by atoms with Gasteiger partial charge in [-0.2, -0.15) is 4.98 Å². The van der Waals surface area contributed by atoms with E-state index in [0.717, 1.165) is 6.54 Å². The molecule has 0 aromatic carbocycles. The van der Waals surface area contributed by atoms with Crippen LogP contribution in [-0.2, 0) is 6.54 Å². The number of aromatic nitrogens is 2. The van der Waals surface area contributed by atoms with E-state index < -0.39 is 0 Å². The van der Waals surface area contributed by atoms with Gasteiger partial charge in [0.05, 0.1) is 6.54 Å². The molecule has 1 rings (SSSR count). The molecule has 0 fully saturated rings. The predicted molar refractivity (Wildman–Crippen MR) is 42.3 cm³/mol. The molecule has 0 radical (unpaired) electrons. The zero-order valence-electron chi connectivity index (χ0n) is 7.03. The predicted octanol–water partition coefficient (Wildman–Crippen LogP) is -0.212. The van der Waals surface area contributed by atoms with E-state index in [4.69, 9.17) is 5.11 Å². The first-order valence-electron chi connectivity index (χ1n) is 3.89. The molecule has 0 aliphatic rings. The summed E-state index contributed by atoms with van der Waals surface area (Å²) in [5.74, 6) is 0.900. The molecule has 1 aromatic heterocycles. The molecule has 0 saturated heterocycles. The summed E-state index contributed by atoms with van der Waals surface area (Å²) >= 11 is 0. The van der Waals surface area contributed by atoms with Crippen molar-refractivity contribution in [2.45, 2.75) is 13.5 Å². The smallest absolute Gasteiger partial charge is 0.213 e. The minimum atomic E-state index is 0.194. The third-order valence-electron chi connectivity index (χ3n) is 1.49. The molecule has 5 heteroatoms. The topological polar surface area (TPSA) is 71.2 Å². The van der Waals surface area contributed by atoms with Crippen molar-refractivity contribution < 1.29 is 9.63 Å². The van der Waals surface area contributed by atoms with Crippen LogP contribution in [0.3, 0.4) is 0 Å². The van der Waals surface area contributed by atoms with Crippen molar-refractivity contribution in [2.75, 3.05) is 13.2 Å². The van der Waals surface area contributed by atoms with Gasteiger partial charge in [-0.1, -0.05) is 12.1 Å². The lowest BCUT2D eigenvalue weighted by Crippen LogP contribution is -2.23. The summed E-state index contributed by atoms with van der Waals surface area (Å²) < 4.78 is 4.55. The molecule has 0 saturated carbocycles. The van der Waals surface area contributed by atoms with Gasteiger partial charge >= 0.3 is 0 Å². The Morgan fingerprint density at radius 2 is 2.58 bits per heavy atom. The zero-order valence-corrected chi connectivity index (χ0v) is 7.03. The highest BCUT2D eigenvalue weighted by atomic mass is 16.5. The first kappa shape index (κ1) is 9.15. The first-order chi connectivity index (χ1) is 5.83. The fourth-order valence-electron chi connectivity index (χ4n) is 0.765. The molecular weight excluding hydrogens is 158 g/mol. The molecule has 0 aliphatic heterocycles. The molecule has 0 spiro atoms. The van der Waals surface area contributed by atoms with Crippen LogP contribution in [0.1, 0.15) is 12.7 Å². The third kappa shape index (κ3) is 2.98. The normalized spacial score (nSPS) is 13.2. The molecular formula is C7H13N3O2. The molecule has 5 nitrogen and oxygen atoms in total. The number of rotatable bonds is 5. The van der Waals surface area contributed by atoms with Gasteiger partial charge < -0.3 is 14.9 Å². The number of nitrogens with zero attached hydrogens (tertiary/aromatic N) is 2. The summed E-state index contributed by atoms with van der Waals surface area (Å²) in [6.07, 6.45) is 1.30. The van der Waals surface area contributed by atoms with Gasteiger partial charge in [-0.05, 0) is 5.92 Å². The van der Waals surface area contributed by atoms with Crippen LogP contribution in [0.4, 0.5) is 0 Å². The molecule has 12 heavy (non-hydrogen) atoms. The van der Waals surface area contributed by atoms with Gasteiger partial charge in [0.15, 0.2) is 5.82 Å². The Kier molecular flexibility index (Phi) is 3.69. The van der Waals surface area contributed by atoms with Gasteiger partial charge in [0.1, 0.15) is 0 Å². The quantitative estimate of drug-likeness (QED) is 0.641. The molecule has 68 valence electrons. The van der Waals surface area contributed by atoms with E-state index >= 15 is 0 Å². The van der Waals surface area contributed by atoms with Crippen LogP contribution >= 0.6 is 0 Å². The molecule has 2 N–H and O–H groups in total. The van der Waals surface area contributed by atoms with Crippen LogP contribution in [0.5, 0.6) is 0 Å². The Morgan fingerprint density at radius 1 is 1.75 bits per heavy atom. The highest BCUT2D eigenvalue weighted by Crippen LogP contribution is 1.91. The van der Waals surface area contributed by atoms with Crippen molar-refractivity contribution in [2.24, 2.45) is 5.92 Å². The van der Waals surface area contributed by atoms with Crippen LogP contribution in [0, 0.1) is 5.92 Å². The van der Waals surface area contributed by atoms with E-state index in [0.29, 0.717) is 12.4 Å². The maximum atomic E-state index is 8.70. The Balaban J connectivity index is 2.11. The molecule has 0 amide bonds. The van der Waals surface area contributed by atoms with Gasteiger partial charge in [0.2, 0.25) is 6.39 Å². The minimum Gasteiger partial charge on any atom is -0.396 e. The first-order valence-corrected chi connectivity index (χ1v) is 3.89. The van der Waals surface area contributed by atoms with E-state index in [1.165, 1.54) is 6.39 Å². The van der Waals surface area contributed by atoms with Gasteiger partial charge in [0, 0.05) is 13.2 Å². The van der Waals surface area contributed by atoms with E-state index in [1.54, 1.807) is 0 Å². The number of nitrogens with one attached hydrogen (secondary N) is 1.